The fraction of sp³-hybridized carbons (Fsp3) is 0.308. The largest absolute Gasteiger partial charge is 0.508 e. The van der Waals surface area contributed by atoms with Gasteiger partial charge in [-0.15, -0.1) is 0 Å². The molecule has 0 radical (unpaired) electrons. The van der Waals surface area contributed by atoms with E-state index in [1.807, 2.05) is 0 Å². The van der Waals surface area contributed by atoms with Crippen molar-refractivity contribution in [2.75, 3.05) is 6.54 Å². The number of benzene rings is 1. The van der Waals surface area contributed by atoms with Crippen molar-refractivity contribution < 1.29 is 24.6 Å². The first-order valence-electron chi connectivity index (χ1n) is 5.99. The van der Waals surface area contributed by atoms with Crippen molar-refractivity contribution in [3.05, 3.63) is 29.8 Å². The number of carbonyl (C=O) groups excluding carboxylic acids is 2. The number of carboxylic acids is 1. The monoisotopic (exact) mass is 278 g/mol. The zero-order valence-corrected chi connectivity index (χ0v) is 10.7. The lowest BCUT2D eigenvalue weighted by molar-refractivity contribution is -0.160. The number of β-lactam (4-membered cyclic amide) rings is 1. The van der Waals surface area contributed by atoms with Gasteiger partial charge in [-0.25, -0.2) is 4.79 Å². The Bertz CT molecular complexity index is 554. The molecule has 1 aliphatic rings. The van der Waals surface area contributed by atoms with Crippen LogP contribution in [0.4, 0.5) is 0 Å². The van der Waals surface area contributed by atoms with Gasteiger partial charge in [-0.2, -0.15) is 0 Å². The summed E-state index contributed by atoms with van der Waals surface area (Å²) < 4.78 is 0. The molecule has 2 atom stereocenters. The Morgan fingerprint density at radius 3 is 2.40 bits per heavy atom. The van der Waals surface area contributed by atoms with Crippen molar-refractivity contribution in [3.63, 3.8) is 0 Å². The molecule has 20 heavy (non-hydrogen) atoms. The van der Waals surface area contributed by atoms with Gasteiger partial charge in [0.05, 0.1) is 6.54 Å². The molecule has 2 amide bonds. The molecule has 2 rings (SSSR count). The van der Waals surface area contributed by atoms with E-state index in [9.17, 15) is 24.6 Å². The van der Waals surface area contributed by atoms with Crippen LogP contribution >= 0.6 is 0 Å². The maximum atomic E-state index is 11.9. The first kappa shape index (κ1) is 13.9. The average Bonchev–Trinajstić information content (AvgIpc) is 2.38. The van der Waals surface area contributed by atoms with Crippen LogP contribution in [-0.4, -0.2) is 45.5 Å². The highest BCUT2D eigenvalue weighted by Crippen LogP contribution is 2.28. The highest BCUT2D eigenvalue weighted by Gasteiger charge is 2.44. The van der Waals surface area contributed by atoms with Crippen molar-refractivity contribution in [1.29, 1.82) is 0 Å². The predicted molar refractivity (Wildman–Crippen MR) is 67.8 cm³/mol. The van der Waals surface area contributed by atoms with Crippen LogP contribution in [0.3, 0.4) is 0 Å². The Balaban J connectivity index is 2.16. The first-order chi connectivity index (χ1) is 9.40. The van der Waals surface area contributed by atoms with E-state index >= 15 is 0 Å². The van der Waals surface area contributed by atoms with Crippen molar-refractivity contribution in [3.8, 4) is 5.75 Å². The van der Waals surface area contributed by atoms with Crippen LogP contribution in [0.5, 0.6) is 5.75 Å². The molecule has 0 aromatic heterocycles. The highest BCUT2D eigenvalue weighted by molar-refractivity contribution is 5.95. The molecule has 1 aromatic rings. The summed E-state index contributed by atoms with van der Waals surface area (Å²) in [6.07, 6.45) is 0. The van der Waals surface area contributed by atoms with E-state index in [4.69, 9.17) is 0 Å². The number of nitrogens with one attached hydrogen (secondary N) is 1. The third kappa shape index (κ3) is 2.56. The highest BCUT2D eigenvalue weighted by atomic mass is 16.4. The molecule has 7 nitrogen and oxygen atoms in total. The standard InChI is InChI=1S/C13H14N2O5/c1-7(16)14-10-6-15(12(10)18)11(13(19)20)8-2-4-9(17)5-3-8/h2-5,10-11,17H,6H2,1H3,(H,14,16)(H,19,20). The minimum absolute atomic E-state index is 0.0175. The predicted octanol–water partition coefficient (Wildman–Crippen LogP) is -0.135. The smallest absolute Gasteiger partial charge is 0.331 e. The Kier molecular flexibility index (Phi) is 3.60. The zero-order chi connectivity index (χ0) is 14.9. The van der Waals surface area contributed by atoms with E-state index in [0.717, 1.165) is 0 Å². The SMILES string of the molecule is CC(=O)NC1CN(C(C(=O)O)c2ccc(O)cc2)C1=O. The molecule has 1 fully saturated rings. The van der Waals surface area contributed by atoms with Crippen LogP contribution in [0.15, 0.2) is 24.3 Å². The van der Waals surface area contributed by atoms with Gasteiger partial charge in [0.1, 0.15) is 11.8 Å². The summed E-state index contributed by atoms with van der Waals surface area (Å²) in [5.41, 5.74) is 0.393. The summed E-state index contributed by atoms with van der Waals surface area (Å²) in [5.74, 6) is -1.91. The maximum Gasteiger partial charge on any atom is 0.331 e. The van der Waals surface area contributed by atoms with Crippen molar-refractivity contribution in [2.24, 2.45) is 0 Å². The van der Waals surface area contributed by atoms with Crippen LogP contribution in [-0.2, 0) is 14.4 Å². The zero-order valence-electron chi connectivity index (χ0n) is 10.7. The number of phenolic OH excluding ortho intramolecular Hbond substituents is 1. The van der Waals surface area contributed by atoms with Gasteiger partial charge in [-0.05, 0) is 17.7 Å². The number of carboxylic acid groups (broad SMARTS) is 1. The van der Waals surface area contributed by atoms with E-state index in [1.165, 1.54) is 36.1 Å². The normalized spacial score (nSPS) is 19.1. The quantitative estimate of drug-likeness (QED) is 0.665. The fourth-order valence-electron chi connectivity index (χ4n) is 2.15. The fourth-order valence-corrected chi connectivity index (χ4v) is 2.15. The summed E-state index contributed by atoms with van der Waals surface area (Å²) in [4.78, 5) is 35.3. The van der Waals surface area contributed by atoms with Crippen LogP contribution in [0.2, 0.25) is 0 Å². The molecule has 1 aromatic carbocycles. The summed E-state index contributed by atoms with van der Waals surface area (Å²) in [7, 11) is 0. The summed E-state index contributed by atoms with van der Waals surface area (Å²) in [6, 6.07) is 3.85. The van der Waals surface area contributed by atoms with Gasteiger partial charge >= 0.3 is 5.97 Å². The van der Waals surface area contributed by atoms with Crippen LogP contribution in [0, 0.1) is 0 Å². The van der Waals surface area contributed by atoms with Gasteiger partial charge in [0.25, 0.3) is 0 Å². The Morgan fingerprint density at radius 2 is 1.95 bits per heavy atom. The topological polar surface area (TPSA) is 107 Å². The van der Waals surface area contributed by atoms with Crippen LogP contribution in [0.1, 0.15) is 18.5 Å². The molecule has 106 valence electrons. The molecule has 7 heteroatoms. The lowest BCUT2D eigenvalue weighted by Gasteiger charge is -2.42. The van der Waals surface area contributed by atoms with Crippen molar-refractivity contribution in [1.82, 2.24) is 10.2 Å². The van der Waals surface area contributed by atoms with Crippen molar-refractivity contribution in [2.45, 2.75) is 19.0 Å². The number of hydrogen-bond acceptors (Lipinski definition) is 4. The minimum atomic E-state index is -1.16. The molecular weight excluding hydrogens is 264 g/mol. The number of nitrogens with zero attached hydrogens (tertiary/aromatic N) is 1. The van der Waals surface area contributed by atoms with Gasteiger partial charge in [-0.1, -0.05) is 12.1 Å². The lowest BCUT2D eigenvalue weighted by Crippen LogP contribution is -2.65. The molecule has 2 unspecified atom stereocenters. The lowest BCUT2D eigenvalue weighted by atomic mass is 9.98. The second kappa shape index (κ2) is 5.20. The number of likely N-dealkylation sites (tertiary alicyclic amines) is 1. The summed E-state index contributed by atoms with van der Waals surface area (Å²) >= 11 is 0. The average molecular weight is 278 g/mol. The Hall–Kier alpha value is -2.57. The molecule has 0 saturated carbocycles. The van der Waals surface area contributed by atoms with E-state index in [0.29, 0.717) is 5.56 Å². The molecule has 0 bridgehead atoms. The molecule has 1 aliphatic heterocycles. The number of phenols is 1. The summed E-state index contributed by atoms with van der Waals surface area (Å²) in [6.45, 7) is 1.45. The summed E-state index contributed by atoms with van der Waals surface area (Å²) in [5, 5.41) is 20.9. The third-order valence-electron chi connectivity index (χ3n) is 3.09. The van der Waals surface area contributed by atoms with E-state index < -0.39 is 24.0 Å². The van der Waals surface area contributed by atoms with Crippen LogP contribution in [0.25, 0.3) is 0 Å². The van der Waals surface area contributed by atoms with E-state index in [1.54, 1.807) is 0 Å². The van der Waals surface area contributed by atoms with Crippen LogP contribution < -0.4 is 5.32 Å². The molecule has 0 aliphatic carbocycles. The van der Waals surface area contributed by atoms with Gasteiger partial charge in [-0.3, -0.25) is 9.59 Å². The Morgan fingerprint density at radius 1 is 1.35 bits per heavy atom. The second-order valence-corrected chi connectivity index (χ2v) is 4.58. The van der Waals surface area contributed by atoms with E-state index in [-0.39, 0.29) is 18.2 Å². The number of aromatic hydroxyl groups is 1. The number of amides is 2. The minimum Gasteiger partial charge on any atom is -0.508 e. The molecular formula is C13H14N2O5. The second-order valence-electron chi connectivity index (χ2n) is 4.58. The van der Waals surface area contributed by atoms with Gasteiger partial charge < -0.3 is 20.4 Å². The maximum absolute atomic E-state index is 11.9. The van der Waals surface area contributed by atoms with Gasteiger partial charge in [0.15, 0.2) is 6.04 Å². The number of rotatable bonds is 4. The molecule has 1 heterocycles. The van der Waals surface area contributed by atoms with Gasteiger partial charge in [0.2, 0.25) is 11.8 Å². The first-order valence-corrected chi connectivity index (χ1v) is 5.99. The molecule has 0 spiro atoms. The number of aliphatic carboxylic acids is 1. The Labute approximate surface area is 114 Å². The number of hydrogen-bond donors (Lipinski definition) is 3. The third-order valence-corrected chi connectivity index (χ3v) is 3.09. The van der Waals surface area contributed by atoms with Gasteiger partial charge in [0, 0.05) is 6.92 Å². The van der Waals surface area contributed by atoms with E-state index in [2.05, 4.69) is 5.32 Å². The molecule has 1 saturated heterocycles. The molecule has 3 N–H and O–H groups in total. The van der Waals surface area contributed by atoms with Crippen molar-refractivity contribution >= 4 is 17.8 Å². The number of carbonyl (C=O) groups is 3.